The molecular weight excluding hydrogens is 324 g/mol. The van der Waals surface area contributed by atoms with E-state index in [1.165, 1.54) is 31.2 Å². The number of hydrogen-bond acceptors (Lipinski definition) is 6. The fourth-order valence-corrected chi connectivity index (χ4v) is 2.92. The highest BCUT2D eigenvalue weighted by Crippen LogP contribution is 2.26. The van der Waals surface area contributed by atoms with Gasteiger partial charge in [0, 0.05) is 12.1 Å². The quantitative estimate of drug-likeness (QED) is 0.714. The van der Waals surface area contributed by atoms with E-state index in [1.807, 2.05) is 12.1 Å². The third-order valence-electron chi connectivity index (χ3n) is 4.33. The summed E-state index contributed by atoms with van der Waals surface area (Å²) in [6.45, 7) is 7.50. The fourth-order valence-electron chi connectivity index (χ4n) is 2.92. The Balaban J connectivity index is 2.29. The summed E-state index contributed by atoms with van der Waals surface area (Å²) in [5.41, 5.74) is 14.4. The molecule has 0 aliphatic carbocycles. The first-order valence-electron chi connectivity index (χ1n) is 9.23. The lowest BCUT2D eigenvalue weighted by atomic mass is 10.0. The van der Waals surface area contributed by atoms with Crippen molar-refractivity contribution in [3.8, 4) is 17.3 Å². The van der Waals surface area contributed by atoms with E-state index in [9.17, 15) is 5.26 Å². The Kier molecular flexibility index (Phi) is 7.37. The standard InChI is InChI=1S/C20H28N6/c1-3-5-10-26(11-6-4-2)14-15-8-7-9-16(12-15)18-17(13-21)19(22)25-20(23)24-18/h7-9,12H,3-6,10-11,14H2,1-2H3,(H4,22,23,24,25). The number of nitrogen functional groups attached to an aromatic ring is 2. The first-order valence-corrected chi connectivity index (χ1v) is 9.23. The van der Waals surface area contributed by atoms with Gasteiger partial charge in [0.25, 0.3) is 0 Å². The van der Waals surface area contributed by atoms with Gasteiger partial charge in [-0.25, -0.2) is 4.98 Å². The molecule has 0 saturated heterocycles. The molecule has 4 N–H and O–H groups in total. The fraction of sp³-hybridized carbons (Fsp3) is 0.450. The average Bonchev–Trinajstić information content (AvgIpc) is 2.63. The van der Waals surface area contributed by atoms with Crippen LogP contribution >= 0.6 is 0 Å². The van der Waals surface area contributed by atoms with E-state index in [0.29, 0.717) is 5.69 Å². The molecule has 0 aliphatic heterocycles. The number of anilines is 2. The summed E-state index contributed by atoms with van der Waals surface area (Å²) >= 11 is 0. The molecule has 26 heavy (non-hydrogen) atoms. The highest BCUT2D eigenvalue weighted by Gasteiger charge is 2.14. The molecule has 0 aliphatic rings. The van der Waals surface area contributed by atoms with E-state index < -0.39 is 0 Å². The van der Waals surface area contributed by atoms with Crippen molar-refractivity contribution in [2.75, 3.05) is 24.6 Å². The topological polar surface area (TPSA) is 105 Å². The van der Waals surface area contributed by atoms with Crippen LogP contribution < -0.4 is 11.5 Å². The zero-order chi connectivity index (χ0) is 18.9. The average molecular weight is 352 g/mol. The van der Waals surface area contributed by atoms with Gasteiger partial charge in [-0.15, -0.1) is 0 Å². The molecular formula is C20H28N6. The van der Waals surface area contributed by atoms with E-state index in [2.05, 4.69) is 46.9 Å². The predicted molar refractivity (Wildman–Crippen MR) is 106 cm³/mol. The molecule has 0 bridgehead atoms. The van der Waals surface area contributed by atoms with E-state index >= 15 is 0 Å². The van der Waals surface area contributed by atoms with Gasteiger partial charge in [-0.2, -0.15) is 10.2 Å². The van der Waals surface area contributed by atoms with Gasteiger partial charge in [-0.1, -0.05) is 44.9 Å². The summed E-state index contributed by atoms with van der Waals surface area (Å²) < 4.78 is 0. The van der Waals surface area contributed by atoms with Crippen LogP contribution in [-0.2, 0) is 6.54 Å². The molecule has 0 spiro atoms. The molecule has 0 radical (unpaired) electrons. The third kappa shape index (κ3) is 5.17. The number of benzene rings is 1. The first kappa shape index (κ1) is 19.7. The van der Waals surface area contributed by atoms with Crippen molar-refractivity contribution in [1.29, 1.82) is 5.26 Å². The number of nitrogens with two attached hydrogens (primary N) is 2. The maximum Gasteiger partial charge on any atom is 0.222 e. The van der Waals surface area contributed by atoms with Crippen molar-refractivity contribution in [1.82, 2.24) is 14.9 Å². The summed E-state index contributed by atoms with van der Waals surface area (Å²) in [7, 11) is 0. The number of nitriles is 1. The van der Waals surface area contributed by atoms with Crippen molar-refractivity contribution < 1.29 is 0 Å². The number of aromatic nitrogens is 2. The molecule has 1 aromatic carbocycles. The Morgan fingerprint density at radius 1 is 1.08 bits per heavy atom. The van der Waals surface area contributed by atoms with Gasteiger partial charge in [0.1, 0.15) is 17.5 Å². The summed E-state index contributed by atoms with van der Waals surface area (Å²) in [5.74, 6) is 0.197. The zero-order valence-electron chi connectivity index (χ0n) is 15.7. The van der Waals surface area contributed by atoms with Crippen molar-refractivity contribution >= 4 is 11.8 Å². The molecule has 1 aromatic heterocycles. The Hall–Kier alpha value is -2.65. The molecule has 0 saturated carbocycles. The summed E-state index contributed by atoms with van der Waals surface area (Å²) in [6.07, 6.45) is 4.77. The van der Waals surface area contributed by atoms with Crippen LogP contribution in [0.4, 0.5) is 11.8 Å². The van der Waals surface area contributed by atoms with Gasteiger partial charge in [0.2, 0.25) is 5.95 Å². The maximum absolute atomic E-state index is 9.40. The molecule has 0 atom stereocenters. The molecule has 2 aromatic rings. The molecule has 1 heterocycles. The number of nitrogens with zero attached hydrogens (tertiary/aromatic N) is 4. The molecule has 0 amide bonds. The maximum atomic E-state index is 9.40. The van der Waals surface area contributed by atoms with E-state index in [4.69, 9.17) is 11.5 Å². The minimum absolute atomic E-state index is 0.0782. The SMILES string of the molecule is CCCCN(CCCC)Cc1cccc(-c2nc(N)nc(N)c2C#N)c1. The van der Waals surface area contributed by atoms with Crippen molar-refractivity contribution in [3.63, 3.8) is 0 Å². The first-order chi connectivity index (χ1) is 12.6. The van der Waals surface area contributed by atoms with Gasteiger partial charge in [-0.3, -0.25) is 4.90 Å². The van der Waals surface area contributed by atoms with Gasteiger partial charge >= 0.3 is 0 Å². The van der Waals surface area contributed by atoms with E-state index in [1.54, 1.807) is 0 Å². The summed E-state index contributed by atoms with van der Waals surface area (Å²) in [5, 5.41) is 9.40. The molecule has 2 rings (SSSR count). The van der Waals surface area contributed by atoms with Crippen LogP contribution in [0.1, 0.15) is 50.7 Å². The Morgan fingerprint density at radius 2 is 1.77 bits per heavy atom. The van der Waals surface area contributed by atoms with Crippen LogP contribution in [0.2, 0.25) is 0 Å². The zero-order valence-corrected chi connectivity index (χ0v) is 15.7. The minimum Gasteiger partial charge on any atom is -0.382 e. The summed E-state index contributed by atoms with van der Waals surface area (Å²) in [6, 6.07) is 10.2. The second-order valence-electron chi connectivity index (χ2n) is 6.49. The number of unbranched alkanes of at least 4 members (excludes halogenated alkanes) is 2. The van der Waals surface area contributed by atoms with Crippen molar-refractivity contribution in [2.45, 2.75) is 46.1 Å². The molecule has 138 valence electrons. The van der Waals surface area contributed by atoms with Crippen LogP contribution in [0.5, 0.6) is 0 Å². The number of hydrogen-bond donors (Lipinski definition) is 2. The van der Waals surface area contributed by atoms with Crippen LogP contribution in [0, 0.1) is 11.3 Å². The molecule has 0 fully saturated rings. The van der Waals surface area contributed by atoms with Crippen LogP contribution in [0.15, 0.2) is 24.3 Å². The third-order valence-corrected chi connectivity index (χ3v) is 4.33. The van der Waals surface area contributed by atoms with Crippen LogP contribution in [0.3, 0.4) is 0 Å². The molecule has 6 heteroatoms. The highest BCUT2D eigenvalue weighted by atomic mass is 15.1. The second-order valence-corrected chi connectivity index (χ2v) is 6.49. The molecule has 0 unspecified atom stereocenters. The van der Waals surface area contributed by atoms with Crippen molar-refractivity contribution in [2.24, 2.45) is 0 Å². The van der Waals surface area contributed by atoms with Crippen LogP contribution in [0.25, 0.3) is 11.3 Å². The second kappa shape index (κ2) is 9.73. The minimum atomic E-state index is 0.0782. The smallest absolute Gasteiger partial charge is 0.222 e. The Bertz CT molecular complexity index is 757. The van der Waals surface area contributed by atoms with Gasteiger partial charge in [0.05, 0.1) is 5.69 Å². The Morgan fingerprint density at radius 3 is 2.38 bits per heavy atom. The van der Waals surface area contributed by atoms with Crippen molar-refractivity contribution in [3.05, 3.63) is 35.4 Å². The van der Waals surface area contributed by atoms with Gasteiger partial charge in [-0.05, 0) is 37.6 Å². The van der Waals surface area contributed by atoms with E-state index in [0.717, 1.165) is 25.2 Å². The largest absolute Gasteiger partial charge is 0.382 e. The van der Waals surface area contributed by atoms with Gasteiger partial charge in [0.15, 0.2) is 0 Å². The lowest BCUT2D eigenvalue weighted by Crippen LogP contribution is -2.25. The van der Waals surface area contributed by atoms with Crippen LogP contribution in [-0.4, -0.2) is 28.0 Å². The normalized spacial score (nSPS) is 10.8. The monoisotopic (exact) mass is 352 g/mol. The predicted octanol–water partition coefficient (Wildman–Crippen LogP) is 3.58. The highest BCUT2D eigenvalue weighted by molar-refractivity contribution is 5.73. The lowest BCUT2D eigenvalue weighted by molar-refractivity contribution is 0.257. The summed E-state index contributed by atoms with van der Waals surface area (Å²) in [4.78, 5) is 10.6. The van der Waals surface area contributed by atoms with E-state index in [-0.39, 0.29) is 17.3 Å². The number of rotatable bonds is 9. The Labute approximate surface area is 155 Å². The lowest BCUT2D eigenvalue weighted by Gasteiger charge is -2.22. The van der Waals surface area contributed by atoms with Gasteiger partial charge < -0.3 is 11.5 Å². The molecule has 6 nitrogen and oxygen atoms in total.